The summed E-state index contributed by atoms with van der Waals surface area (Å²) in [6.45, 7) is 5.89. The molecule has 0 atom stereocenters. The maximum atomic E-state index is 5.63. The van der Waals surface area contributed by atoms with Gasteiger partial charge in [0.15, 0.2) is 0 Å². The average Bonchev–Trinajstić information content (AvgIpc) is 2.29. The molecule has 1 rings (SSSR count). The minimum Gasteiger partial charge on any atom is -0.490 e. The first-order valence-corrected chi connectivity index (χ1v) is 5.76. The van der Waals surface area contributed by atoms with Crippen LogP contribution in [0.15, 0.2) is 36.4 Å². The Bertz CT molecular complexity index is 337. The molecule has 3 heteroatoms. The van der Waals surface area contributed by atoms with Crippen molar-refractivity contribution in [1.82, 2.24) is 5.32 Å². The summed E-state index contributed by atoms with van der Waals surface area (Å²) in [7, 11) is 1.93. The van der Waals surface area contributed by atoms with Crippen LogP contribution in [0.3, 0.4) is 0 Å². The predicted molar refractivity (Wildman–Crippen MR) is 76.3 cm³/mol. The van der Waals surface area contributed by atoms with Crippen LogP contribution in [0.4, 0.5) is 0 Å². The van der Waals surface area contributed by atoms with Crippen LogP contribution < -0.4 is 10.1 Å². The summed E-state index contributed by atoms with van der Waals surface area (Å²) in [5.74, 6) is 1.49. The molecule has 0 spiro atoms. The van der Waals surface area contributed by atoms with Crippen LogP contribution in [0, 0.1) is 0 Å². The van der Waals surface area contributed by atoms with Crippen LogP contribution in [0.1, 0.15) is 25.3 Å². The van der Waals surface area contributed by atoms with Gasteiger partial charge in [-0.15, -0.1) is 12.4 Å². The highest BCUT2D eigenvalue weighted by Gasteiger charge is 1.99. The smallest absolute Gasteiger partial charge is 0.120 e. The van der Waals surface area contributed by atoms with E-state index in [9.17, 15) is 0 Å². The van der Waals surface area contributed by atoms with Gasteiger partial charge in [0.1, 0.15) is 12.4 Å². The zero-order chi connectivity index (χ0) is 11.8. The molecule has 2 nitrogen and oxygen atoms in total. The molecule has 0 saturated carbocycles. The Morgan fingerprint density at radius 3 is 2.71 bits per heavy atom. The summed E-state index contributed by atoms with van der Waals surface area (Å²) in [6, 6.07) is 8.28. The highest BCUT2D eigenvalue weighted by molar-refractivity contribution is 5.85. The number of hydrogen-bond acceptors (Lipinski definition) is 2. The van der Waals surface area contributed by atoms with Gasteiger partial charge >= 0.3 is 0 Å². The Balaban J connectivity index is 0.00000256. The minimum atomic E-state index is 0. The molecule has 17 heavy (non-hydrogen) atoms. The van der Waals surface area contributed by atoms with Gasteiger partial charge in [0.25, 0.3) is 0 Å². The van der Waals surface area contributed by atoms with Crippen molar-refractivity contribution >= 4 is 12.4 Å². The van der Waals surface area contributed by atoms with Crippen LogP contribution >= 0.6 is 12.4 Å². The summed E-state index contributed by atoms with van der Waals surface area (Å²) in [6.07, 6.45) is 4.09. The normalized spacial score (nSPS) is 10.6. The summed E-state index contributed by atoms with van der Waals surface area (Å²) >= 11 is 0. The lowest BCUT2D eigenvalue weighted by atomic mass is 10.0. The van der Waals surface area contributed by atoms with Crippen LogP contribution in [0.25, 0.3) is 0 Å². The van der Waals surface area contributed by atoms with Gasteiger partial charge in [0, 0.05) is 6.54 Å². The first-order chi connectivity index (χ1) is 7.74. The van der Waals surface area contributed by atoms with Crippen molar-refractivity contribution in [3.05, 3.63) is 42.0 Å². The molecular formula is C14H22ClNO. The molecule has 0 bridgehead atoms. The van der Waals surface area contributed by atoms with Crippen LogP contribution in [0.2, 0.25) is 0 Å². The Labute approximate surface area is 110 Å². The van der Waals surface area contributed by atoms with E-state index in [4.69, 9.17) is 4.74 Å². The number of hydrogen-bond donors (Lipinski definition) is 1. The molecule has 0 aliphatic rings. The lowest BCUT2D eigenvalue weighted by molar-refractivity contribution is 0.362. The second-order valence-electron chi connectivity index (χ2n) is 4.07. The number of rotatable bonds is 6. The Morgan fingerprint density at radius 1 is 1.29 bits per heavy atom. The van der Waals surface area contributed by atoms with Crippen molar-refractivity contribution in [3.8, 4) is 5.75 Å². The van der Waals surface area contributed by atoms with E-state index < -0.39 is 0 Å². The van der Waals surface area contributed by atoms with E-state index in [2.05, 4.69) is 37.4 Å². The van der Waals surface area contributed by atoms with E-state index in [0.29, 0.717) is 12.5 Å². The summed E-state index contributed by atoms with van der Waals surface area (Å²) in [4.78, 5) is 0. The minimum absolute atomic E-state index is 0. The molecular weight excluding hydrogens is 234 g/mol. The molecule has 0 heterocycles. The largest absolute Gasteiger partial charge is 0.490 e. The molecule has 0 fully saturated rings. The molecule has 0 aliphatic heterocycles. The molecule has 0 aromatic heterocycles. The molecule has 96 valence electrons. The molecule has 0 amide bonds. The van der Waals surface area contributed by atoms with E-state index in [1.54, 1.807) is 0 Å². The summed E-state index contributed by atoms with van der Waals surface area (Å²) in [5, 5.41) is 3.05. The van der Waals surface area contributed by atoms with Crippen molar-refractivity contribution in [2.45, 2.75) is 19.8 Å². The van der Waals surface area contributed by atoms with Crippen LogP contribution in [-0.2, 0) is 0 Å². The van der Waals surface area contributed by atoms with Gasteiger partial charge in [-0.3, -0.25) is 0 Å². The summed E-state index contributed by atoms with van der Waals surface area (Å²) < 4.78 is 5.63. The van der Waals surface area contributed by atoms with Gasteiger partial charge in [0.05, 0.1) is 0 Å². The van der Waals surface area contributed by atoms with Gasteiger partial charge in [-0.05, 0) is 30.7 Å². The van der Waals surface area contributed by atoms with Crippen molar-refractivity contribution in [3.63, 3.8) is 0 Å². The maximum Gasteiger partial charge on any atom is 0.120 e. The van der Waals surface area contributed by atoms with Crippen molar-refractivity contribution in [2.24, 2.45) is 0 Å². The van der Waals surface area contributed by atoms with E-state index >= 15 is 0 Å². The van der Waals surface area contributed by atoms with Gasteiger partial charge in [-0.25, -0.2) is 0 Å². The van der Waals surface area contributed by atoms with E-state index in [1.165, 1.54) is 5.56 Å². The standard InChI is InChI=1S/C14H21NO.ClH/c1-12(2)13-7-6-8-14(11-13)16-10-5-4-9-15-3;/h4-8,11-12,15H,9-10H2,1-3H3;1H. The molecule has 0 unspecified atom stereocenters. The lowest BCUT2D eigenvalue weighted by Gasteiger charge is -2.08. The number of likely N-dealkylation sites (N-methyl/N-ethyl adjacent to an activating group) is 1. The first-order valence-electron chi connectivity index (χ1n) is 5.76. The third kappa shape index (κ3) is 6.35. The van der Waals surface area contributed by atoms with Gasteiger partial charge in [-0.1, -0.05) is 38.1 Å². The number of halogens is 1. The summed E-state index contributed by atoms with van der Waals surface area (Å²) in [5.41, 5.74) is 1.32. The Hall–Kier alpha value is -0.990. The SMILES string of the molecule is CNCC=CCOc1cccc(C(C)C)c1.Cl. The second kappa shape index (κ2) is 9.08. The fourth-order valence-electron chi connectivity index (χ4n) is 1.38. The van der Waals surface area contributed by atoms with Crippen LogP contribution in [-0.4, -0.2) is 20.2 Å². The topological polar surface area (TPSA) is 21.3 Å². The highest BCUT2D eigenvalue weighted by Crippen LogP contribution is 2.19. The quantitative estimate of drug-likeness (QED) is 0.787. The number of benzene rings is 1. The molecule has 1 aromatic carbocycles. The van der Waals surface area contributed by atoms with Crippen molar-refractivity contribution < 1.29 is 4.74 Å². The zero-order valence-corrected chi connectivity index (χ0v) is 11.6. The fourth-order valence-corrected chi connectivity index (χ4v) is 1.38. The second-order valence-corrected chi connectivity index (χ2v) is 4.07. The van der Waals surface area contributed by atoms with E-state index in [1.807, 2.05) is 25.3 Å². The third-order valence-corrected chi connectivity index (χ3v) is 2.36. The molecule has 1 aromatic rings. The Kier molecular flexibility index (Phi) is 8.55. The molecule has 0 radical (unpaired) electrons. The van der Waals surface area contributed by atoms with Gasteiger partial charge < -0.3 is 10.1 Å². The Morgan fingerprint density at radius 2 is 2.06 bits per heavy atom. The number of ether oxygens (including phenoxy) is 1. The van der Waals surface area contributed by atoms with Crippen molar-refractivity contribution in [1.29, 1.82) is 0 Å². The molecule has 0 aliphatic carbocycles. The van der Waals surface area contributed by atoms with Crippen LogP contribution in [0.5, 0.6) is 5.75 Å². The zero-order valence-electron chi connectivity index (χ0n) is 10.8. The van der Waals surface area contributed by atoms with Crippen molar-refractivity contribution in [2.75, 3.05) is 20.2 Å². The van der Waals surface area contributed by atoms with Gasteiger partial charge in [-0.2, -0.15) is 0 Å². The van der Waals surface area contributed by atoms with E-state index in [-0.39, 0.29) is 12.4 Å². The molecule has 0 saturated heterocycles. The lowest BCUT2D eigenvalue weighted by Crippen LogP contribution is -2.04. The third-order valence-electron chi connectivity index (χ3n) is 2.36. The predicted octanol–water partition coefficient (Wildman–Crippen LogP) is 3.39. The maximum absolute atomic E-state index is 5.63. The highest BCUT2D eigenvalue weighted by atomic mass is 35.5. The first kappa shape index (κ1) is 16.0. The fraction of sp³-hybridized carbons (Fsp3) is 0.429. The van der Waals surface area contributed by atoms with E-state index in [0.717, 1.165) is 12.3 Å². The average molecular weight is 256 g/mol. The molecule has 1 N–H and O–H groups in total. The monoisotopic (exact) mass is 255 g/mol. The number of nitrogens with one attached hydrogen (secondary N) is 1. The van der Waals surface area contributed by atoms with Gasteiger partial charge in [0.2, 0.25) is 0 Å².